The zero-order valence-electron chi connectivity index (χ0n) is 47.6. The molecule has 3 unspecified atom stereocenters. The van der Waals surface area contributed by atoms with Crippen molar-refractivity contribution in [3.63, 3.8) is 0 Å². The van der Waals surface area contributed by atoms with Gasteiger partial charge in [0.25, 0.3) is 0 Å². The summed E-state index contributed by atoms with van der Waals surface area (Å²) in [5.74, 6) is 0.224. The molecule has 8 aromatic rings. The number of carbonyl (C=O) groups is 4. The Morgan fingerprint density at radius 3 is 1.57 bits per heavy atom. The minimum Gasteiger partial charge on any atom is -0.444 e. The van der Waals surface area contributed by atoms with E-state index < -0.39 is 16.8 Å². The lowest BCUT2D eigenvalue weighted by molar-refractivity contribution is -0.122. The zero-order chi connectivity index (χ0) is 58.7. The summed E-state index contributed by atoms with van der Waals surface area (Å²) in [6.45, 7) is 24.4. The Morgan fingerprint density at radius 2 is 1.07 bits per heavy atom. The van der Waals surface area contributed by atoms with E-state index in [0.29, 0.717) is 38.9 Å². The molecule has 0 spiro atoms. The average molecular weight is 1190 g/mol. The molecule has 11 heterocycles. The van der Waals surface area contributed by atoms with Crippen LogP contribution in [-0.2, 0) is 44.8 Å². The largest absolute Gasteiger partial charge is 0.444 e. The number of piperidine rings is 1. The SMILES string of the molecule is CC1CC(=O)CCN1C(=O)OC(C)(C)C.CC1Cc2c(sc(N)c2-c2nc3cnccc3s2)CN1C(=O)OC(C)(C)C.CC1c2sc(N)c(-c3nc4cnccc4s3)c2CCN1C(=O)OC(C)(C)C.N#CCc1nc2cnccc2s1. The van der Waals surface area contributed by atoms with Crippen molar-refractivity contribution in [2.24, 2.45) is 0 Å². The van der Waals surface area contributed by atoms with E-state index in [0.717, 1.165) is 89.4 Å². The summed E-state index contributed by atoms with van der Waals surface area (Å²) < 4.78 is 19.7. The first kappa shape index (κ1) is 60.2. The number of thiophene rings is 2. The number of fused-ring (bicyclic) bond motifs is 5. The van der Waals surface area contributed by atoms with Crippen molar-refractivity contribution in [3.05, 3.63) is 81.3 Å². The third kappa shape index (κ3) is 14.8. The Morgan fingerprint density at radius 1 is 0.617 bits per heavy atom. The lowest BCUT2D eigenvalue weighted by Crippen LogP contribution is -2.46. The third-order valence-electron chi connectivity index (χ3n) is 12.8. The van der Waals surface area contributed by atoms with Crippen LogP contribution < -0.4 is 11.5 Å². The van der Waals surface area contributed by atoms with E-state index in [9.17, 15) is 19.2 Å². The van der Waals surface area contributed by atoms with Crippen molar-refractivity contribution in [2.75, 3.05) is 24.6 Å². The number of rotatable bonds is 3. The number of nitrogen functional groups attached to an aromatic ring is 2. The van der Waals surface area contributed by atoms with Crippen molar-refractivity contribution < 1.29 is 33.4 Å². The lowest BCUT2D eigenvalue weighted by Gasteiger charge is -2.35. The number of ether oxygens (including phenoxy) is 3. The molecule has 1 fully saturated rings. The van der Waals surface area contributed by atoms with E-state index in [1.165, 1.54) is 11.1 Å². The minimum absolute atomic E-state index is 0.0381. The quantitative estimate of drug-likeness (QED) is 0.156. The van der Waals surface area contributed by atoms with E-state index in [2.05, 4.69) is 26.0 Å². The molecule has 3 aliphatic heterocycles. The van der Waals surface area contributed by atoms with E-state index in [1.54, 1.807) is 109 Å². The van der Waals surface area contributed by atoms with Crippen molar-refractivity contribution in [1.82, 2.24) is 44.6 Å². The van der Waals surface area contributed by atoms with Gasteiger partial charge < -0.3 is 40.4 Å². The van der Waals surface area contributed by atoms with Gasteiger partial charge in [0, 0.05) is 77.5 Å². The summed E-state index contributed by atoms with van der Waals surface area (Å²) in [6, 6.07) is 7.85. The van der Waals surface area contributed by atoms with Crippen LogP contribution in [-0.4, -0.2) is 111 Å². The monoisotopic (exact) mass is 1190 g/mol. The summed E-state index contributed by atoms with van der Waals surface area (Å²) in [5.41, 5.74) is 18.4. The summed E-state index contributed by atoms with van der Waals surface area (Å²) in [4.78, 5) is 81.4. The van der Waals surface area contributed by atoms with E-state index in [4.69, 9.17) is 40.9 Å². The molecule has 0 aromatic carbocycles. The molecule has 81 heavy (non-hydrogen) atoms. The Kier molecular flexibility index (Phi) is 18.3. The molecule has 1 saturated heterocycles. The molecule has 3 atom stereocenters. The second kappa shape index (κ2) is 24.7. The molecule has 0 aliphatic carbocycles. The number of hydrogen-bond donors (Lipinski definition) is 2. The van der Waals surface area contributed by atoms with Gasteiger partial charge in [-0.25, -0.2) is 29.3 Å². The van der Waals surface area contributed by atoms with Crippen LogP contribution in [0, 0.1) is 11.3 Å². The van der Waals surface area contributed by atoms with Gasteiger partial charge in [-0.3, -0.25) is 19.7 Å². The number of ketones is 1. The number of likely N-dealkylation sites (tertiary alicyclic amines) is 1. The first-order valence-electron chi connectivity index (χ1n) is 26.5. The first-order valence-corrected chi connectivity index (χ1v) is 30.5. The summed E-state index contributed by atoms with van der Waals surface area (Å²) in [7, 11) is 0. The fraction of sp³-hybridized carbons (Fsp3) is 0.456. The first-order chi connectivity index (χ1) is 38.2. The Labute approximate surface area is 491 Å². The number of aromatic nitrogens is 6. The molecule has 428 valence electrons. The van der Waals surface area contributed by atoms with Crippen LogP contribution in [0.5, 0.6) is 0 Å². The number of nitriles is 1. The second-order valence-corrected chi connectivity index (χ2v) is 28.1. The summed E-state index contributed by atoms with van der Waals surface area (Å²) in [5, 5.41) is 12.7. The van der Waals surface area contributed by atoms with Gasteiger partial charge in [-0.15, -0.1) is 56.7 Å². The number of hydrogen-bond acceptors (Lipinski definition) is 21. The van der Waals surface area contributed by atoms with Crippen molar-refractivity contribution in [2.45, 2.75) is 157 Å². The van der Waals surface area contributed by atoms with Crippen molar-refractivity contribution in [1.29, 1.82) is 5.26 Å². The number of nitrogens with two attached hydrogens (primary N) is 2. The van der Waals surface area contributed by atoms with Gasteiger partial charge in [-0.1, -0.05) is 0 Å². The van der Waals surface area contributed by atoms with Gasteiger partial charge in [0.1, 0.15) is 48.6 Å². The highest BCUT2D eigenvalue weighted by Crippen LogP contribution is 2.48. The highest BCUT2D eigenvalue weighted by atomic mass is 32.1. The number of nitrogens with zero attached hydrogens (tertiary/aromatic N) is 10. The molecule has 24 heteroatoms. The van der Waals surface area contributed by atoms with Gasteiger partial charge in [0.05, 0.1) is 73.3 Å². The van der Waals surface area contributed by atoms with Crippen LogP contribution in [0.25, 0.3) is 51.8 Å². The van der Waals surface area contributed by atoms with Crippen LogP contribution in [0.4, 0.5) is 24.4 Å². The molecule has 0 radical (unpaired) electrons. The molecular formula is C57H68N12O7S5. The smallest absolute Gasteiger partial charge is 0.410 e. The van der Waals surface area contributed by atoms with Gasteiger partial charge in [0.15, 0.2) is 0 Å². The van der Waals surface area contributed by atoms with Gasteiger partial charge in [-0.05, 0) is 125 Å². The topological polar surface area (TPSA) is 259 Å². The highest BCUT2D eigenvalue weighted by Gasteiger charge is 2.37. The normalized spacial score (nSPS) is 17.1. The summed E-state index contributed by atoms with van der Waals surface area (Å²) in [6.07, 6.45) is 12.4. The number of amides is 3. The fourth-order valence-corrected chi connectivity index (χ4v) is 14.5. The Balaban J connectivity index is 0.000000149. The molecule has 3 amide bonds. The lowest BCUT2D eigenvalue weighted by atomic mass is 9.98. The molecular weight excluding hydrogens is 1130 g/mol. The maximum Gasteiger partial charge on any atom is 0.410 e. The summed E-state index contributed by atoms with van der Waals surface area (Å²) >= 11 is 7.90. The standard InChI is InChI=1S/2C19H22N4O2S2.C11H19NO3.C8H5N3S/c1-10-15-11(6-8-23(10)18(24)25-19(2,3)4)14(16(20)27-15)17-22-12-9-21-7-5-13(12)26-17;1-10-7-11-14(9-23(10)18(24)25-19(2,3)4)26-16(20)15(11)17-22-12-8-21-6-5-13(12)27-17;1-8-7-9(13)5-6-12(8)10(14)15-11(2,3)4;9-3-1-8-11-6-5-10-4-2-7(6)12-8/h5,7,9-10H,6,8,20H2,1-4H3;5-6,8,10H,7,9,20H2,1-4H3;8H,5-7H2,1-4H3;2,4-5H,1H2. The van der Waals surface area contributed by atoms with Crippen LogP contribution in [0.3, 0.4) is 0 Å². The number of Topliss-reactive ketones (excluding diaryl/α,β-unsaturated/α-hetero) is 1. The van der Waals surface area contributed by atoms with E-state index >= 15 is 0 Å². The molecule has 0 bridgehead atoms. The number of pyridine rings is 3. The van der Waals surface area contributed by atoms with Crippen LogP contribution in [0.2, 0.25) is 0 Å². The van der Waals surface area contributed by atoms with Crippen LogP contribution in [0.1, 0.15) is 128 Å². The maximum atomic E-state index is 12.6. The third-order valence-corrected chi connectivity index (χ3v) is 18.2. The number of anilines is 2. The maximum absolute atomic E-state index is 12.6. The fourth-order valence-electron chi connectivity index (χ4n) is 9.20. The Bertz CT molecular complexity index is 3510. The predicted molar refractivity (Wildman–Crippen MR) is 324 cm³/mol. The second-order valence-electron chi connectivity index (χ2n) is 22.7. The number of carbonyl (C=O) groups excluding carboxylic acids is 4. The Hall–Kier alpha value is -6.91. The van der Waals surface area contributed by atoms with Crippen molar-refractivity contribution in [3.8, 4) is 27.2 Å². The van der Waals surface area contributed by atoms with Gasteiger partial charge in [0.2, 0.25) is 0 Å². The average Bonchev–Trinajstić information content (AvgIpc) is 4.37. The van der Waals surface area contributed by atoms with E-state index in [1.807, 2.05) is 101 Å². The minimum atomic E-state index is -0.508. The van der Waals surface area contributed by atoms with Crippen LogP contribution >= 0.6 is 56.7 Å². The zero-order valence-corrected chi connectivity index (χ0v) is 51.7. The van der Waals surface area contributed by atoms with Gasteiger partial charge >= 0.3 is 18.3 Å². The molecule has 8 aromatic heterocycles. The molecule has 11 rings (SSSR count). The highest BCUT2D eigenvalue weighted by molar-refractivity contribution is 7.23. The van der Waals surface area contributed by atoms with Crippen molar-refractivity contribution >= 4 is 121 Å². The molecule has 0 saturated carbocycles. The van der Waals surface area contributed by atoms with Crippen LogP contribution in [0.15, 0.2) is 55.4 Å². The van der Waals surface area contributed by atoms with Gasteiger partial charge in [-0.2, -0.15) is 5.26 Å². The predicted octanol–water partition coefficient (Wildman–Crippen LogP) is 13.3. The molecule has 19 nitrogen and oxygen atoms in total. The van der Waals surface area contributed by atoms with E-state index in [-0.39, 0.29) is 42.2 Å². The number of thiazole rings is 3. The molecule has 4 N–H and O–H groups in total. The molecule has 3 aliphatic rings.